The van der Waals surface area contributed by atoms with Gasteiger partial charge in [-0.3, -0.25) is 4.79 Å². The van der Waals surface area contributed by atoms with Crippen LogP contribution in [0.25, 0.3) is 0 Å². The van der Waals surface area contributed by atoms with Crippen LogP contribution in [0, 0.1) is 0 Å². The summed E-state index contributed by atoms with van der Waals surface area (Å²) in [5.41, 5.74) is -0.877. The van der Waals surface area contributed by atoms with E-state index in [1.807, 2.05) is 6.92 Å². The lowest BCUT2D eigenvalue weighted by Crippen LogP contribution is -2.34. The number of aldehydes is 1. The molecule has 0 bridgehead atoms. The molecule has 10 nitrogen and oxygen atoms in total. The first-order chi connectivity index (χ1) is 15.8. The number of rotatable bonds is 12. The van der Waals surface area contributed by atoms with Crippen LogP contribution in [0.1, 0.15) is 65.2 Å². The first-order valence-electron chi connectivity index (χ1n) is 11.3. The van der Waals surface area contributed by atoms with Crippen LogP contribution in [0.15, 0.2) is 12.1 Å². The van der Waals surface area contributed by atoms with Gasteiger partial charge in [0.2, 0.25) is 5.75 Å². The Morgan fingerprint density at radius 3 is 1.59 bits per heavy atom. The van der Waals surface area contributed by atoms with Crippen molar-refractivity contribution in [2.45, 2.75) is 66.1 Å². The molecule has 0 atom stereocenters. The average molecular weight is 483 g/mol. The van der Waals surface area contributed by atoms with Crippen LogP contribution in [0.4, 0.5) is 9.59 Å². The van der Waals surface area contributed by atoms with Crippen molar-refractivity contribution in [3.8, 4) is 17.2 Å². The van der Waals surface area contributed by atoms with E-state index in [-0.39, 0.29) is 26.3 Å². The van der Waals surface area contributed by atoms with Crippen LogP contribution >= 0.6 is 0 Å². The summed E-state index contributed by atoms with van der Waals surface area (Å²) in [7, 11) is 0. The lowest BCUT2D eigenvalue weighted by atomic mass is 10.2. The Morgan fingerprint density at radius 2 is 1.24 bits per heavy atom. The third-order valence-electron chi connectivity index (χ3n) is 3.69. The number of carbonyl (C=O) groups excluding carboxylic acids is 3. The van der Waals surface area contributed by atoms with Gasteiger partial charge in [0.05, 0.1) is 19.7 Å². The minimum atomic E-state index is -0.602. The van der Waals surface area contributed by atoms with E-state index in [2.05, 4.69) is 10.6 Å². The molecule has 1 rings (SSSR count). The van der Waals surface area contributed by atoms with Crippen molar-refractivity contribution < 1.29 is 38.1 Å². The smallest absolute Gasteiger partial charge is 0.407 e. The fourth-order valence-corrected chi connectivity index (χ4v) is 2.48. The molecular formula is C24H38N2O8. The first-order valence-corrected chi connectivity index (χ1v) is 11.3. The average Bonchev–Trinajstić information content (AvgIpc) is 2.70. The van der Waals surface area contributed by atoms with Gasteiger partial charge >= 0.3 is 12.2 Å². The molecule has 34 heavy (non-hydrogen) atoms. The Morgan fingerprint density at radius 1 is 0.794 bits per heavy atom. The highest BCUT2D eigenvalue weighted by molar-refractivity contribution is 5.78. The van der Waals surface area contributed by atoms with Gasteiger partial charge in [-0.25, -0.2) is 9.59 Å². The molecule has 2 N–H and O–H groups in total. The lowest BCUT2D eigenvalue weighted by Gasteiger charge is -2.20. The summed E-state index contributed by atoms with van der Waals surface area (Å²) in [4.78, 5) is 35.0. The molecule has 2 amide bonds. The molecule has 0 unspecified atom stereocenters. The van der Waals surface area contributed by atoms with Crippen LogP contribution in [0.5, 0.6) is 17.2 Å². The fraction of sp³-hybridized carbons (Fsp3) is 0.625. The van der Waals surface area contributed by atoms with Gasteiger partial charge in [0.1, 0.15) is 30.7 Å². The molecule has 0 spiro atoms. The summed E-state index contributed by atoms with van der Waals surface area (Å²) in [6.45, 7) is 13.6. The second-order valence-corrected chi connectivity index (χ2v) is 9.37. The Kier molecular flexibility index (Phi) is 11.5. The maximum absolute atomic E-state index is 11.8. The highest BCUT2D eigenvalue weighted by Gasteiger charge is 2.18. The van der Waals surface area contributed by atoms with Crippen molar-refractivity contribution >= 4 is 18.5 Å². The molecule has 0 saturated heterocycles. The maximum atomic E-state index is 11.8. The zero-order valence-corrected chi connectivity index (χ0v) is 21.2. The van der Waals surface area contributed by atoms with E-state index in [0.29, 0.717) is 35.7 Å². The summed E-state index contributed by atoms with van der Waals surface area (Å²) in [5.74, 6) is 0.945. The van der Waals surface area contributed by atoms with Crippen molar-refractivity contribution in [3.05, 3.63) is 17.7 Å². The quantitative estimate of drug-likeness (QED) is 0.337. The molecule has 0 aliphatic carbocycles. The van der Waals surface area contributed by atoms with Crippen LogP contribution < -0.4 is 24.8 Å². The van der Waals surface area contributed by atoms with Crippen LogP contribution in [0.2, 0.25) is 0 Å². The van der Waals surface area contributed by atoms with E-state index in [9.17, 15) is 14.4 Å². The van der Waals surface area contributed by atoms with Crippen LogP contribution in [0.3, 0.4) is 0 Å². The van der Waals surface area contributed by atoms with Gasteiger partial charge in [-0.2, -0.15) is 0 Å². The molecule has 0 aromatic heterocycles. The Balaban J connectivity index is 2.80. The van der Waals surface area contributed by atoms with Crippen LogP contribution in [-0.4, -0.2) is 62.6 Å². The number of benzene rings is 1. The van der Waals surface area contributed by atoms with Gasteiger partial charge in [-0.1, -0.05) is 6.92 Å². The van der Waals surface area contributed by atoms with Crippen LogP contribution in [-0.2, 0) is 9.47 Å². The van der Waals surface area contributed by atoms with Gasteiger partial charge in [-0.05, 0) is 60.1 Å². The van der Waals surface area contributed by atoms with E-state index in [1.54, 1.807) is 41.5 Å². The molecule has 10 heteroatoms. The number of amides is 2. The van der Waals surface area contributed by atoms with Gasteiger partial charge < -0.3 is 34.3 Å². The SMILES string of the molecule is CCCOc1c(OCCNC(=O)OC(C)(C)C)cc(C=O)cc1OCCNC(=O)OC(C)(C)C. The first kappa shape index (κ1) is 28.9. The van der Waals surface area contributed by atoms with Crippen molar-refractivity contribution in [3.63, 3.8) is 0 Å². The largest absolute Gasteiger partial charge is 0.488 e. The minimum absolute atomic E-state index is 0.115. The highest BCUT2D eigenvalue weighted by atomic mass is 16.6. The van der Waals surface area contributed by atoms with Gasteiger partial charge in [-0.15, -0.1) is 0 Å². The van der Waals surface area contributed by atoms with Gasteiger partial charge in [0.15, 0.2) is 11.5 Å². The minimum Gasteiger partial charge on any atom is -0.488 e. The van der Waals surface area contributed by atoms with Crippen molar-refractivity contribution in [2.75, 3.05) is 32.9 Å². The van der Waals surface area contributed by atoms with Crippen molar-refractivity contribution in [1.82, 2.24) is 10.6 Å². The highest BCUT2D eigenvalue weighted by Crippen LogP contribution is 2.38. The molecule has 0 radical (unpaired) electrons. The zero-order chi connectivity index (χ0) is 25.8. The number of carbonyl (C=O) groups is 3. The summed E-state index contributed by atoms with van der Waals surface area (Å²) in [5, 5.41) is 5.21. The predicted molar refractivity (Wildman–Crippen MR) is 127 cm³/mol. The van der Waals surface area contributed by atoms with E-state index in [0.717, 1.165) is 6.42 Å². The molecule has 0 fully saturated rings. The maximum Gasteiger partial charge on any atom is 0.407 e. The number of ether oxygens (including phenoxy) is 5. The van der Waals surface area contributed by atoms with Gasteiger partial charge in [0, 0.05) is 5.56 Å². The van der Waals surface area contributed by atoms with Crippen molar-refractivity contribution in [2.24, 2.45) is 0 Å². The summed E-state index contributed by atoms with van der Waals surface area (Å²) < 4.78 is 27.7. The summed E-state index contributed by atoms with van der Waals surface area (Å²) in [6, 6.07) is 3.08. The number of alkyl carbamates (subject to hydrolysis) is 2. The molecule has 0 heterocycles. The normalized spacial score (nSPS) is 11.3. The van der Waals surface area contributed by atoms with E-state index < -0.39 is 23.4 Å². The molecular weight excluding hydrogens is 444 g/mol. The molecule has 0 aliphatic heterocycles. The van der Waals surface area contributed by atoms with Crippen molar-refractivity contribution in [1.29, 1.82) is 0 Å². The summed E-state index contributed by atoms with van der Waals surface area (Å²) >= 11 is 0. The molecule has 0 saturated carbocycles. The monoisotopic (exact) mass is 482 g/mol. The lowest BCUT2D eigenvalue weighted by molar-refractivity contribution is 0.0509. The molecule has 192 valence electrons. The molecule has 1 aromatic carbocycles. The second kappa shape index (κ2) is 13.5. The number of hydrogen-bond donors (Lipinski definition) is 2. The number of hydrogen-bond acceptors (Lipinski definition) is 8. The van der Waals surface area contributed by atoms with E-state index in [4.69, 9.17) is 23.7 Å². The topological polar surface area (TPSA) is 121 Å². The standard InChI is InChI=1S/C24H38N2O8/c1-8-11-32-20-18(30-12-9-25-21(28)33-23(2,3)4)14-17(16-27)15-19(20)31-13-10-26-22(29)34-24(5,6)7/h14-16H,8-13H2,1-7H3,(H,25,28)(H,26,29). The zero-order valence-electron chi connectivity index (χ0n) is 21.2. The van der Waals surface area contributed by atoms with E-state index in [1.165, 1.54) is 12.1 Å². The number of nitrogens with one attached hydrogen (secondary N) is 2. The van der Waals surface area contributed by atoms with Gasteiger partial charge in [0.25, 0.3) is 0 Å². The molecule has 1 aromatic rings. The third-order valence-corrected chi connectivity index (χ3v) is 3.69. The predicted octanol–water partition coefficient (Wildman–Crippen LogP) is 4.09. The molecule has 0 aliphatic rings. The third kappa shape index (κ3) is 12.2. The second-order valence-electron chi connectivity index (χ2n) is 9.37. The summed E-state index contributed by atoms with van der Waals surface area (Å²) in [6.07, 6.45) is 0.305. The Bertz CT molecular complexity index is 755. The Hall–Kier alpha value is -3.17. The Labute approximate surface area is 201 Å². The fourth-order valence-electron chi connectivity index (χ4n) is 2.48. The van der Waals surface area contributed by atoms with E-state index >= 15 is 0 Å².